The summed E-state index contributed by atoms with van der Waals surface area (Å²) >= 11 is 0. The monoisotopic (exact) mass is 343 g/mol. The molecule has 1 aromatic heterocycles. The molecule has 0 bridgehead atoms. The molecule has 0 fully saturated rings. The molecule has 0 atom stereocenters. The van der Waals surface area contributed by atoms with Gasteiger partial charge < -0.3 is 15.0 Å². The van der Waals surface area contributed by atoms with Gasteiger partial charge in [-0.15, -0.1) is 0 Å². The van der Waals surface area contributed by atoms with Crippen molar-refractivity contribution in [3.63, 3.8) is 0 Å². The van der Waals surface area contributed by atoms with Crippen LogP contribution in [-0.4, -0.2) is 22.6 Å². The number of H-pyrrole nitrogens is 1. The smallest absolute Gasteiger partial charge is 0.317 e. The van der Waals surface area contributed by atoms with Crippen LogP contribution >= 0.6 is 0 Å². The number of para-hydroxylation sites is 2. The van der Waals surface area contributed by atoms with Crippen molar-refractivity contribution in [2.24, 2.45) is 0 Å². The Labute approximate surface area is 140 Å². The summed E-state index contributed by atoms with van der Waals surface area (Å²) in [6, 6.07) is 10.4. The van der Waals surface area contributed by atoms with Crippen molar-refractivity contribution in [1.82, 2.24) is 9.55 Å². The van der Waals surface area contributed by atoms with Crippen LogP contribution in [-0.2, 0) is 11.3 Å². The van der Waals surface area contributed by atoms with Gasteiger partial charge in [0, 0.05) is 0 Å². The summed E-state index contributed by atoms with van der Waals surface area (Å²) in [5.74, 6) is -0.629. The highest BCUT2D eigenvalue weighted by Gasteiger charge is 2.13. The molecule has 3 aromatic rings. The van der Waals surface area contributed by atoms with E-state index < -0.39 is 29.4 Å². The van der Waals surface area contributed by atoms with Crippen molar-refractivity contribution >= 4 is 22.6 Å². The molecule has 0 saturated carbocycles. The fourth-order valence-corrected chi connectivity index (χ4v) is 2.49. The number of nitrogens with zero attached hydrogens (tertiary/aromatic N) is 1. The Morgan fingerprint density at radius 3 is 2.76 bits per heavy atom. The number of anilines is 1. The van der Waals surface area contributed by atoms with Gasteiger partial charge in [0.1, 0.15) is 18.1 Å². The number of ether oxygens (including phenoxy) is 1. The minimum absolute atomic E-state index is 0.134. The molecule has 1 amide bonds. The Hall–Kier alpha value is -3.42. The zero-order valence-corrected chi connectivity index (χ0v) is 13.2. The molecule has 0 aliphatic heterocycles. The number of halogens is 1. The normalized spacial score (nSPS) is 10.6. The maximum Gasteiger partial charge on any atom is 0.317 e. The quantitative estimate of drug-likeness (QED) is 0.702. The first-order valence-corrected chi connectivity index (χ1v) is 7.35. The number of rotatable bonds is 4. The number of fused-ring (bicyclic) bond motifs is 1. The zero-order valence-electron chi connectivity index (χ0n) is 13.2. The molecule has 0 aliphatic rings. The van der Waals surface area contributed by atoms with Crippen LogP contribution in [0.5, 0.6) is 5.75 Å². The molecule has 0 unspecified atom stereocenters. The largest absolute Gasteiger partial charge is 0.495 e. The lowest BCUT2D eigenvalue weighted by Crippen LogP contribution is -2.38. The number of hydrogen-bond acceptors (Lipinski definition) is 4. The summed E-state index contributed by atoms with van der Waals surface area (Å²) in [4.78, 5) is 38.5. The van der Waals surface area contributed by atoms with Crippen LogP contribution in [0.15, 0.2) is 52.1 Å². The SMILES string of the molecule is COc1ccccc1NC(=O)Cn1c(=O)c(=O)[nH]c2cc(F)ccc21. The maximum atomic E-state index is 13.3. The number of aromatic amines is 1. The van der Waals surface area contributed by atoms with Gasteiger partial charge in [-0.25, -0.2) is 4.39 Å². The van der Waals surface area contributed by atoms with Gasteiger partial charge in [-0.05, 0) is 30.3 Å². The van der Waals surface area contributed by atoms with Crippen LogP contribution in [0.4, 0.5) is 10.1 Å². The Morgan fingerprint density at radius 2 is 2.00 bits per heavy atom. The summed E-state index contributed by atoms with van der Waals surface area (Å²) < 4.78 is 19.5. The molecule has 8 heteroatoms. The van der Waals surface area contributed by atoms with Gasteiger partial charge in [-0.1, -0.05) is 12.1 Å². The van der Waals surface area contributed by atoms with E-state index in [9.17, 15) is 18.8 Å². The minimum Gasteiger partial charge on any atom is -0.495 e. The van der Waals surface area contributed by atoms with Gasteiger partial charge >= 0.3 is 11.1 Å². The van der Waals surface area contributed by atoms with Crippen molar-refractivity contribution in [3.8, 4) is 5.75 Å². The number of benzene rings is 2. The highest BCUT2D eigenvalue weighted by molar-refractivity contribution is 5.92. The third-order valence-corrected chi connectivity index (χ3v) is 3.62. The molecule has 0 radical (unpaired) electrons. The molecule has 3 rings (SSSR count). The predicted molar refractivity (Wildman–Crippen MR) is 90.4 cm³/mol. The van der Waals surface area contributed by atoms with E-state index in [2.05, 4.69) is 10.3 Å². The van der Waals surface area contributed by atoms with E-state index in [1.54, 1.807) is 24.3 Å². The topological polar surface area (TPSA) is 93.2 Å². The Bertz CT molecular complexity index is 1070. The van der Waals surface area contributed by atoms with Crippen LogP contribution in [0.3, 0.4) is 0 Å². The van der Waals surface area contributed by atoms with Crippen molar-refractivity contribution in [2.45, 2.75) is 6.54 Å². The average Bonchev–Trinajstić information content (AvgIpc) is 2.59. The average molecular weight is 343 g/mol. The van der Waals surface area contributed by atoms with Crippen LogP contribution in [0, 0.1) is 5.82 Å². The first kappa shape index (κ1) is 16.4. The van der Waals surface area contributed by atoms with Crippen LogP contribution in [0.1, 0.15) is 0 Å². The summed E-state index contributed by atoms with van der Waals surface area (Å²) in [5.41, 5.74) is -1.00. The van der Waals surface area contributed by atoms with Crippen LogP contribution in [0.2, 0.25) is 0 Å². The summed E-state index contributed by atoms with van der Waals surface area (Å²) in [6.45, 7) is -0.400. The Morgan fingerprint density at radius 1 is 1.24 bits per heavy atom. The minimum atomic E-state index is -0.928. The number of hydrogen-bond donors (Lipinski definition) is 2. The first-order valence-electron chi connectivity index (χ1n) is 7.35. The van der Waals surface area contributed by atoms with Crippen molar-refractivity contribution < 1.29 is 13.9 Å². The van der Waals surface area contributed by atoms with E-state index in [4.69, 9.17) is 4.74 Å². The van der Waals surface area contributed by atoms with Crippen molar-refractivity contribution in [3.05, 3.63) is 69.0 Å². The van der Waals surface area contributed by atoms with E-state index in [-0.39, 0.29) is 11.0 Å². The van der Waals surface area contributed by atoms with Gasteiger partial charge in [0.05, 0.1) is 23.8 Å². The number of carbonyl (C=O) groups excluding carboxylic acids is 1. The first-order chi connectivity index (χ1) is 12.0. The van der Waals surface area contributed by atoms with Gasteiger partial charge in [0.15, 0.2) is 0 Å². The Kier molecular flexibility index (Phi) is 4.34. The predicted octanol–water partition coefficient (Wildman–Crippen LogP) is 1.48. The second-order valence-corrected chi connectivity index (χ2v) is 5.26. The van der Waals surface area contributed by atoms with E-state index in [0.29, 0.717) is 11.4 Å². The molecular weight excluding hydrogens is 329 g/mol. The van der Waals surface area contributed by atoms with E-state index in [1.807, 2.05) is 0 Å². The lowest BCUT2D eigenvalue weighted by atomic mass is 10.2. The highest BCUT2D eigenvalue weighted by atomic mass is 19.1. The molecule has 128 valence electrons. The van der Waals surface area contributed by atoms with E-state index in [1.165, 1.54) is 13.2 Å². The highest BCUT2D eigenvalue weighted by Crippen LogP contribution is 2.23. The molecule has 7 nitrogen and oxygen atoms in total. The van der Waals surface area contributed by atoms with Gasteiger partial charge in [-0.3, -0.25) is 19.0 Å². The second-order valence-electron chi connectivity index (χ2n) is 5.26. The standard InChI is InChI=1S/C17H14FN3O4/c1-25-14-5-3-2-4-11(14)19-15(22)9-21-13-7-6-10(18)8-12(13)20-16(23)17(21)24/h2-8H,9H2,1H3,(H,19,22)(H,20,23). The lowest BCUT2D eigenvalue weighted by Gasteiger charge is -2.12. The number of carbonyl (C=O) groups is 1. The van der Waals surface area contributed by atoms with Gasteiger partial charge in [0.2, 0.25) is 5.91 Å². The Balaban J connectivity index is 1.97. The third kappa shape index (κ3) is 3.27. The van der Waals surface area contributed by atoms with Crippen molar-refractivity contribution in [1.29, 1.82) is 0 Å². The third-order valence-electron chi connectivity index (χ3n) is 3.62. The second kappa shape index (κ2) is 6.60. The molecule has 25 heavy (non-hydrogen) atoms. The summed E-state index contributed by atoms with van der Waals surface area (Å²) in [6.07, 6.45) is 0. The van der Waals surface area contributed by atoms with Gasteiger partial charge in [-0.2, -0.15) is 0 Å². The molecule has 0 saturated heterocycles. The van der Waals surface area contributed by atoms with E-state index in [0.717, 1.165) is 16.7 Å². The molecule has 2 aromatic carbocycles. The van der Waals surface area contributed by atoms with E-state index >= 15 is 0 Å². The van der Waals surface area contributed by atoms with Gasteiger partial charge in [0.25, 0.3) is 0 Å². The van der Waals surface area contributed by atoms with Crippen molar-refractivity contribution in [2.75, 3.05) is 12.4 Å². The zero-order chi connectivity index (χ0) is 18.0. The molecular formula is C17H14FN3O4. The summed E-state index contributed by atoms with van der Waals surface area (Å²) in [5, 5.41) is 2.62. The molecule has 2 N–H and O–H groups in total. The molecule has 1 heterocycles. The number of nitrogens with one attached hydrogen (secondary N) is 2. The maximum absolute atomic E-state index is 13.3. The van der Waals surface area contributed by atoms with Crippen LogP contribution < -0.4 is 21.2 Å². The number of aromatic nitrogens is 2. The molecule has 0 spiro atoms. The van der Waals surface area contributed by atoms with Crippen LogP contribution in [0.25, 0.3) is 11.0 Å². The fourth-order valence-electron chi connectivity index (χ4n) is 2.49. The molecule has 0 aliphatic carbocycles. The fraction of sp³-hybridized carbons (Fsp3) is 0.118. The number of amides is 1. The lowest BCUT2D eigenvalue weighted by molar-refractivity contribution is -0.116. The number of methoxy groups -OCH3 is 1. The summed E-state index contributed by atoms with van der Waals surface area (Å²) in [7, 11) is 1.47.